The number of rotatable bonds is 5. The molecule has 0 aliphatic carbocycles. The van der Waals surface area contributed by atoms with Crippen molar-refractivity contribution in [1.82, 2.24) is 0 Å². The number of benzene rings is 1. The second-order valence-electron chi connectivity index (χ2n) is 2.70. The number of carboxylic acids is 1. The molecule has 15 heavy (non-hydrogen) atoms. The topological polar surface area (TPSA) is 72.8 Å². The average Bonchev–Trinajstić information content (AvgIpc) is 2.25. The van der Waals surface area contributed by atoms with Gasteiger partial charge in [-0.1, -0.05) is 0 Å². The fourth-order valence-corrected chi connectivity index (χ4v) is 1.02. The first-order chi connectivity index (χ1) is 7.17. The third-order valence-electron chi connectivity index (χ3n) is 1.69. The van der Waals surface area contributed by atoms with E-state index < -0.39 is 12.6 Å². The van der Waals surface area contributed by atoms with Crippen molar-refractivity contribution in [1.29, 1.82) is 0 Å². The first-order valence-electron chi connectivity index (χ1n) is 4.15. The highest BCUT2D eigenvalue weighted by Gasteiger charge is 2.05. The van der Waals surface area contributed by atoms with Gasteiger partial charge < -0.3 is 14.6 Å². The Morgan fingerprint density at radius 1 is 1.53 bits per heavy atom. The summed E-state index contributed by atoms with van der Waals surface area (Å²) in [5.74, 6) is -0.360. The lowest BCUT2D eigenvalue weighted by Gasteiger charge is -2.07. The summed E-state index contributed by atoms with van der Waals surface area (Å²) >= 11 is 0. The Labute approximate surface area is 86.2 Å². The van der Waals surface area contributed by atoms with E-state index in [1.165, 1.54) is 25.3 Å². The molecule has 0 bridgehead atoms. The second kappa shape index (κ2) is 4.99. The molecule has 0 fully saturated rings. The van der Waals surface area contributed by atoms with Gasteiger partial charge in [0, 0.05) is 6.07 Å². The molecule has 1 aromatic carbocycles. The summed E-state index contributed by atoms with van der Waals surface area (Å²) in [5, 5.41) is 8.39. The van der Waals surface area contributed by atoms with E-state index in [1.807, 2.05) is 0 Å². The first kappa shape index (κ1) is 11.0. The van der Waals surface area contributed by atoms with Crippen LogP contribution in [0.1, 0.15) is 10.4 Å². The van der Waals surface area contributed by atoms with Gasteiger partial charge in [-0.3, -0.25) is 4.79 Å². The Kier molecular flexibility index (Phi) is 3.68. The maximum absolute atomic E-state index is 10.5. The van der Waals surface area contributed by atoms with Crippen molar-refractivity contribution < 1.29 is 24.2 Å². The number of hydrogen-bond donors (Lipinski definition) is 1. The van der Waals surface area contributed by atoms with Crippen LogP contribution in [-0.2, 0) is 4.79 Å². The van der Waals surface area contributed by atoms with Gasteiger partial charge in [-0.25, -0.2) is 4.79 Å². The molecule has 0 aliphatic heterocycles. The van der Waals surface area contributed by atoms with Gasteiger partial charge in [0.2, 0.25) is 0 Å². The van der Waals surface area contributed by atoms with Crippen molar-refractivity contribution in [3.05, 3.63) is 23.8 Å². The number of carbonyl (C=O) groups excluding carboxylic acids is 1. The highest BCUT2D eigenvalue weighted by atomic mass is 16.5. The third kappa shape index (κ3) is 2.98. The van der Waals surface area contributed by atoms with Crippen LogP contribution in [0.4, 0.5) is 0 Å². The SMILES string of the molecule is COc1cc(OCC(=O)O)ccc1C=O. The van der Waals surface area contributed by atoms with Crippen LogP contribution in [0.25, 0.3) is 0 Å². The van der Waals surface area contributed by atoms with E-state index in [2.05, 4.69) is 0 Å². The predicted molar refractivity (Wildman–Crippen MR) is 51.5 cm³/mol. The number of aliphatic carboxylic acids is 1. The zero-order valence-electron chi connectivity index (χ0n) is 8.10. The van der Waals surface area contributed by atoms with E-state index in [9.17, 15) is 9.59 Å². The lowest BCUT2D eigenvalue weighted by molar-refractivity contribution is -0.139. The molecule has 0 saturated carbocycles. The molecule has 0 atom stereocenters. The largest absolute Gasteiger partial charge is 0.496 e. The molecule has 0 saturated heterocycles. The summed E-state index contributed by atoms with van der Waals surface area (Å²) in [5.41, 5.74) is 0.389. The Balaban J connectivity index is 2.83. The average molecular weight is 210 g/mol. The quantitative estimate of drug-likeness (QED) is 0.733. The smallest absolute Gasteiger partial charge is 0.341 e. The highest BCUT2D eigenvalue weighted by Crippen LogP contribution is 2.23. The molecule has 5 nitrogen and oxygen atoms in total. The maximum atomic E-state index is 10.5. The van der Waals surface area contributed by atoms with Crippen LogP contribution in [0.2, 0.25) is 0 Å². The van der Waals surface area contributed by atoms with Gasteiger partial charge in [0.25, 0.3) is 0 Å². The van der Waals surface area contributed by atoms with Crippen molar-refractivity contribution in [3.8, 4) is 11.5 Å². The lowest BCUT2D eigenvalue weighted by Crippen LogP contribution is -2.09. The zero-order valence-corrected chi connectivity index (χ0v) is 8.10. The fraction of sp³-hybridized carbons (Fsp3) is 0.200. The molecule has 0 heterocycles. The monoisotopic (exact) mass is 210 g/mol. The van der Waals surface area contributed by atoms with E-state index in [-0.39, 0.29) is 0 Å². The van der Waals surface area contributed by atoms with E-state index >= 15 is 0 Å². The van der Waals surface area contributed by atoms with Gasteiger partial charge in [0.15, 0.2) is 12.9 Å². The zero-order chi connectivity index (χ0) is 11.3. The molecule has 5 heteroatoms. The van der Waals surface area contributed by atoms with Crippen LogP contribution in [-0.4, -0.2) is 31.1 Å². The molecule has 0 aromatic heterocycles. The summed E-state index contributed by atoms with van der Waals surface area (Å²) in [6.07, 6.45) is 0.653. The number of hydrogen-bond acceptors (Lipinski definition) is 4. The van der Waals surface area contributed by atoms with Crippen LogP contribution in [0.3, 0.4) is 0 Å². The standard InChI is InChI=1S/C10H10O5/c1-14-9-4-8(15-6-10(12)13)3-2-7(9)5-11/h2-5H,6H2,1H3,(H,12,13). The molecule has 0 radical (unpaired) electrons. The predicted octanol–water partition coefficient (Wildman–Crippen LogP) is 0.971. The van der Waals surface area contributed by atoms with Crippen molar-refractivity contribution in [2.45, 2.75) is 0 Å². The molecule has 80 valence electrons. The first-order valence-corrected chi connectivity index (χ1v) is 4.15. The van der Waals surface area contributed by atoms with Crippen molar-refractivity contribution >= 4 is 12.3 Å². The van der Waals surface area contributed by atoms with Crippen molar-refractivity contribution in [3.63, 3.8) is 0 Å². The summed E-state index contributed by atoms with van der Waals surface area (Å²) in [7, 11) is 1.42. The molecule has 1 aromatic rings. The molecular formula is C10H10O5. The summed E-state index contributed by atoms with van der Waals surface area (Å²) < 4.78 is 9.84. The van der Waals surface area contributed by atoms with E-state index in [0.717, 1.165) is 0 Å². The van der Waals surface area contributed by atoms with Crippen LogP contribution in [0, 0.1) is 0 Å². The van der Waals surface area contributed by atoms with E-state index in [1.54, 1.807) is 0 Å². The molecule has 1 rings (SSSR count). The van der Waals surface area contributed by atoms with E-state index in [4.69, 9.17) is 14.6 Å². The van der Waals surface area contributed by atoms with Gasteiger partial charge in [0.05, 0.1) is 12.7 Å². The van der Waals surface area contributed by atoms with Crippen LogP contribution < -0.4 is 9.47 Å². The minimum atomic E-state index is -1.06. The second-order valence-corrected chi connectivity index (χ2v) is 2.70. The molecule has 0 unspecified atom stereocenters. The minimum absolute atomic E-state index is 0.347. The minimum Gasteiger partial charge on any atom is -0.496 e. The Morgan fingerprint density at radius 3 is 2.80 bits per heavy atom. The van der Waals surface area contributed by atoms with Gasteiger partial charge in [0.1, 0.15) is 11.5 Å². The van der Waals surface area contributed by atoms with Crippen LogP contribution in [0.15, 0.2) is 18.2 Å². The fourth-order valence-electron chi connectivity index (χ4n) is 1.02. The highest BCUT2D eigenvalue weighted by molar-refractivity contribution is 5.79. The number of ether oxygens (including phenoxy) is 2. The number of aldehydes is 1. The Morgan fingerprint density at radius 2 is 2.27 bits per heavy atom. The van der Waals surface area contributed by atoms with E-state index in [0.29, 0.717) is 23.3 Å². The van der Waals surface area contributed by atoms with Gasteiger partial charge in [-0.2, -0.15) is 0 Å². The molecule has 1 N–H and O–H groups in total. The van der Waals surface area contributed by atoms with Gasteiger partial charge in [-0.05, 0) is 12.1 Å². The summed E-state index contributed by atoms with van der Waals surface area (Å²) in [6, 6.07) is 4.48. The molecule has 0 amide bonds. The number of methoxy groups -OCH3 is 1. The number of carbonyl (C=O) groups is 2. The Bertz CT molecular complexity index is 372. The maximum Gasteiger partial charge on any atom is 0.341 e. The third-order valence-corrected chi connectivity index (χ3v) is 1.69. The van der Waals surface area contributed by atoms with Crippen molar-refractivity contribution in [2.75, 3.05) is 13.7 Å². The molecular weight excluding hydrogens is 200 g/mol. The van der Waals surface area contributed by atoms with Crippen LogP contribution >= 0.6 is 0 Å². The molecule has 0 aliphatic rings. The van der Waals surface area contributed by atoms with Crippen LogP contribution in [0.5, 0.6) is 11.5 Å². The Hall–Kier alpha value is -2.04. The van der Waals surface area contributed by atoms with Crippen molar-refractivity contribution in [2.24, 2.45) is 0 Å². The number of carboxylic acid groups (broad SMARTS) is 1. The normalized spacial score (nSPS) is 9.40. The van der Waals surface area contributed by atoms with Gasteiger partial charge >= 0.3 is 5.97 Å². The summed E-state index contributed by atoms with van der Waals surface area (Å²) in [6.45, 7) is -0.427. The molecule has 0 spiro atoms. The lowest BCUT2D eigenvalue weighted by atomic mass is 10.2. The van der Waals surface area contributed by atoms with Gasteiger partial charge in [-0.15, -0.1) is 0 Å². The summed E-state index contributed by atoms with van der Waals surface area (Å²) in [4.78, 5) is 20.8.